The molecule has 1 amide bonds. The highest BCUT2D eigenvalue weighted by molar-refractivity contribution is 7.11. The summed E-state index contributed by atoms with van der Waals surface area (Å²) >= 11 is 1.57. The summed E-state index contributed by atoms with van der Waals surface area (Å²) in [5.41, 5.74) is 0. The summed E-state index contributed by atoms with van der Waals surface area (Å²) in [6.45, 7) is 7.86. The van der Waals surface area contributed by atoms with E-state index in [1.165, 1.54) is 0 Å². The molecule has 0 spiro atoms. The maximum absolute atomic E-state index is 12.0. The van der Waals surface area contributed by atoms with Crippen molar-refractivity contribution >= 4 is 17.2 Å². The van der Waals surface area contributed by atoms with Crippen LogP contribution in [0.15, 0.2) is 6.20 Å². The first kappa shape index (κ1) is 13.7. The minimum atomic E-state index is -0.288. The number of carbonyl (C=O) groups excluding carboxylic acids is 1. The molecule has 0 saturated heterocycles. The smallest absolute Gasteiger partial charge is 0.291 e. The molecule has 2 rings (SSSR count). The van der Waals surface area contributed by atoms with Crippen LogP contribution in [0.1, 0.15) is 59.1 Å². The molecule has 1 atom stereocenters. The van der Waals surface area contributed by atoms with E-state index in [4.69, 9.17) is 0 Å². The fourth-order valence-corrected chi connectivity index (χ4v) is 2.31. The van der Waals surface area contributed by atoms with Crippen molar-refractivity contribution in [3.8, 4) is 0 Å². The van der Waals surface area contributed by atoms with Gasteiger partial charge in [0.15, 0.2) is 0 Å². The lowest BCUT2D eigenvalue weighted by Crippen LogP contribution is -2.27. The second kappa shape index (κ2) is 5.48. The van der Waals surface area contributed by atoms with Crippen LogP contribution in [0, 0.1) is 6.92 Å². The third kappa shape index (κ3) is 3.17. The Morgan fingerprint density at radius 2 is 2.16 bits per heavy atom. The first-order valence-electron chi connectivity index (χ1n) is 6.13. The monoisotopic (exact) mass is 279 g/mol. The fourth-order valence-electron chi connectivity index (χ4n) is 1.53. The lowest BCUT2D eigenvalue weighted by atomic mass is 10.2. The van der Waals surface area contributed by atoms with Crippen LogP contribution in [0.3, 0.4) is 0 Å². The lowest BCUT2D eigenvalue weighted by molar-refractivity contribution is 0.0929. The van der Waals surface area contributed by atoms with E-state index in [2.05, 4.69) is 25.5 Å². The molecule has 6 nitrogen and oxygen atoms in total. The normalized spacial score (nSPS) is 12.7. The van der Waals surface area contributed by atoms with Gasteiger partial charge in [0.05, 0.1) is 6.04 Å². The molecule has 0 saturated carbocycles. The van der Waals surface area contributed by atoms with Crippen LogP contribution < -0.4 is 5.32 Å². The molecule has 0 bridgehead atoms. The molecule has 2 heterocycles. The maximum Gasteiger partial charge on any atom is 0.291 e. The molecule has 19 heavy (non-hydrogen) atoms. The van der Waals surface area contributed by atoms with Gasteiger partial charge in [0.1, 0.15) is 10.8 Å². The van der Waals surface area contributed by atoms with Crippen LogP contribution in [0.5, 0.6) is 0 Å². The predicted molar refractivity (Wildman–Crippen MR) is 73.2 cm³/mol. The van der Waals surface area contributed by atoms with Crippen LogP contribution >= 0.6 is 11.3 Å². The molecule has 0 radical (unpaired) electrons. The second-order valence-corrected chi connectivity index (χ2v) is 5.97. The Bertz CT molecular complexity index is 574. The zero-order chi connectivity index (χ0) is 14.0. The van der Waals surface area contributed by atoms with Crippen LogP contribution in [0.2, 0.25) is 0 Å². The molecular formula is C12H17N5OS. The molecule has 0 aliphatic rings. The Morgan fingerprint density at radius 1 is 1.42 bits per heavy atom. The number of aryl methyl sites for hydroxylation is 1. The Labute approximate surface area is 115 Å². The Hall–Kier alpha value is -1.76. The van der Waals surface area contributed by atoms with E-state index >= 15 is 0 Å². The predicted octanol–water partition coefficient (Wildman–Crippen LogP) is 2.18. The molecule has 0 aliphatic carbocycles. The average Bonchev–Trinajstić information content (AvgIpc) is 2.96. The minimum Gasteiger partial charge on any atom is -0.340 e. The van der Waals surface area contributed by atoms with Crippen LogP contribution in [0.4, 0.5) is 0 Å². The third-order valence-corrected chi connectivity index (χ3v) is 3.71. The summed E-state index contributed by atoms with van der Waals surface area (Å²) in [6.07, 6.45) is 1.80. The van der Waals surface area contributed by atoms with Gasteiger partial charge >= 0.3 is 0 Å². The van der Waals surface area contributed by atoms with E-state index in [9.17, 15) is 4.79 Å². The van der Waals surface area contributed by atoms with Crippen molar-refractivity contribution in [1.82, 2.24) is 25.5 Å². The van der Waals surface area contributed by atoms with Gasteiger partial charge in [0.2, 0.25) is 5.82 Å². The number of carbonyl (C=O) groups is 1. The highest BCUT2D eigenvalue weighted by atomic mass is 32.1. The molecule has 2 aromatic rings. The third-order valence-electron chi connectivity index (χ3n) is 2.61. The molecule has 1 unspecified atom stereocenters. The number of amides is 1. The van der Waals surface area contributed by atoms with Gasteiger partial charge in [0, 0.05) is 17.0 Å². The number of aromatic nitrogens is 4. The van der Waals surface area contributed by atoms with Crippen molar-refractivity contribution in [3.05, 3.63) is 27.7 Å². The summed E-state index contributed by atoms with van der Waals surface area (Å²) < 4.78 is 0. The van der Waals surface area contributed by atoms with Crippen molar-refractivity contribution in [2.24, 2.45) is 0 Å². The van der Waals surface area contributed by atoms with E-state index in [0.29, 0.717) is 5.82 Å². The van der Waals surface area contributed by atoms with Crippen molar-refractivity contribution < 1.29 is 4.79 Å². The number of hydrogen-bond acceptors (Lipinski definition) is 5. The van der Waals surface area contributed by atoms with Crippen molar-refractivity contribution in [1.29, 1.82) is 0 Å². The van der Waals surface area contributed by atoms with E-state index < -0.39 is 0 Å². The van der Waals surface area contributed by atoms with Gasteiger partial charge in [-0.2, -0.15) is 0 Å². The fraction of sp³-hybridized carbons (Fsp3) is 0.500. The Balaban J connectivity index is 2.04. The zero-order valence-electron chi connectivity index (χ0n) is 11.4. The molecule has 0 aromatic carbocycles. The summed E-state index contributed by atoms with van der Waals surface area (Å²) in [4.78, 5) is 21.5. The summed E-state index contributed by atoms with van der Waals surface area (Å²) in [5, 5.41) is 10.4. The number of thiazole rings is 1. The summed E-state index contributed by atoms with van der Waals surface area (Å²) in [6, 6.07) is -0.146. The van der Waals surface area contributed by atoms with Gasteiger partial charge in [-0.15, -0.1) is 16.4 Å². The Morgan fingerprint density at radius 3 is 2.68 bits per heavy atom. The molecule has 7 heteroatoms. The topological polar surface area (TPSA) is 83.6 Å². The molecule has 2 N–H and O–H groups in total. The number of hydrogen-bond donors (Lipinski definition) is 2. The van der Waals surface area contributed by atoms with E-state index in [1.807, 2.05) is 27.7 Å². The summed E-state index contributed by atoms with van der Waals surface area (Å²) in [5.74, 6) is 0.809. The van der Waals surface area contributed by atoms with Gasteiger partial charge in [-0.25, -0.2) is 9.97 Å². The van der Waals surface area contributed by atoms with Crippen LogP contribution in [-0.2, 0) is 0 Å². The SMILES string of the molecule is Cc1cnc(C(C)NC(=O)c2n[nH]c(C(C)C)n2)s1. The van der Waals surface area contributed by atoms with Gasteiger partial charge < -0.3 is 5.32 Å². The Kier molecular flexibility index (Phi) is 3.94. The van der Waals surface area contributed by atoms with Crippen molar-refractivity contribution in [3.63, 3.8) is 0 Å². The van der Waals surface area contributed by atoms with Gasteiger partial charge in [0.25, 0.3) is 5.91 Å². The number of nitrogens with one attached hydrogen (secondary N) is 2. The molecule has 0 fully saturated rings. The quantitative estimate of drug-likeness (QED) is 0.898. The molecule has 0 aliphatic heterocycles. The van der Waals surface area contributed by atoms with Crippen molar-refractivity contribution in [2.75, 3.05) is 0 Å². The summed E-state index contributed by atoms with van der Waals surface area (Å²) in [7, 11) is 0. The van der Waals surface area contributed by atoms with E-state index in [-0.39, 0.29) is 23.7 Å². The van der Waals surface area contributed by atoms with Gasteiger partial charge in [-0.3, -0.25) is 9.89 Å². The van der Waals surface area contributed by atoms with E-state index in [1.54, 1.807) is 17.5 Å². The number of nitrogens with zero attached hydrogens (tertiary/aromatic N) is 3. The van der Waals surface area contributed by atoms with E-state index in [0.717, 1.165) is 9.88 Å². The molecule has 102 valence electrons. The maximum atomic E-state index is 12.0. The first-order valence-corrected chi connectivity index (χ1v) is 6.94. The highest BCUT2D eigenvalue weighted by Crippen LogP contribution is 2.19. The largest absolute Gasteiger partial charge is 0.340 e. The number of rotatable bonds is 4. The second-order valence-electron chi connectivity index (χ2n) is 4.70. The number of H-pyrrole nitrogens is 1. The average molecular weight is 279 g/mol. The first-order chi connectivity index (χ1) is 8.97. The minimum absolute atomic E-state index is 0.146. The standard InChI is InChI=1S/C12H17N5OS/c1-6(2)9-15-10(17-16-9)11(18)14-8(4)12-13-5-7(3)19-12/h5-6,8H,1-4H3,(H,14,18)(H,15,16,17). The van der Waals surface area contributed by atoms with Gasteiger partial charge in [-0.1, -0.05) is 13.8 Å². The lowest BCUT2D eigenvalue weighted by Gasteiger charge is -2.08. The number of aromatic amines is 1. The highest BCUT2D eigenvalue weighted by Gasteiger charge is 2.18. The van der Waals surface area contributed by atoms with Crippen LogP contribution in [-0.4, -0.2) is 26.1 Å². The molecular weight excluding hydrogens is 262 g/mol. The zero-order valence-corrected chi connectivity index (χ0v) is 12.2. The molecule has 2 aromatic heterocycles. The van der Waals surface area contributed by atoms with Crippen LogP contribution in [0.25, 0.3) is 0 Å². The van der Waals surface area contributed by atoms with Crippen molar-refractivity contribution in [2.45, 2.75) is 39.7 Å². The van der Waals surface area contributed by atoms with Gasteiger partial charge in [-0.05, 0) is 13.8 Å².